The van der Waals surface area contributed by atoms with Crippen molar-refractivity contribution in [3.05, 3.63) is 89.5 Å². The third kappa shape index (κ3) is 4.70. The van der Waals surface area contributed by atoms with Crippen LogP contribution in [0.25, 0.3) is 0 Å². The molecule has 170 valence electrons. The van der Waals surface area contributed by atoms with Crippen LogP contribution >= 0.6 is 0 Å². The van der Waals surface area contributed by atoms with E-state index in [9.17, 15) is 26.8 Å². The molecule has 0 aliphatic carbocycles. The predicted molar refractivity (Wildman–Crippen MR) is 116 cm³/mol. The molecule has 1 aliphatic heterocycles. The molecule has 1 heterocycles. The van der Waals surface area contributed by atoms with E-state index in [0.717, 1.165) is 23.4 Å². The summed E-state index contributed by atoms with van der Waals surface area (Å²) in [6, 6.07) is 15.0. The Morgan fingerprint density at radius 3 is 2.52 bits per heavy atom. The third-order valence-electron chi connectivity index (χ3n) is 5.09. The Balaban J connectivity index is 1.48. The van der Waals surface area contributed by atoms with Crippen LogP contribution in [-0.2, 0) is 26.0 Å². The average molecular weight is 472 g/mol. The molecule has 7 nitrogen and oxygen atoms in total. The second kappa shape index (κ2) is 8.99. The van der Waals surface area contributed by atoms with Crippen LogP contribution < -0.4 is 9.62 Å². The Bertz CT molecular complexity index is 1340. The summed E-state index contributed by atoms with van der Waals surface area (Å²) in [4.78, 5) is 25.9. The number of rotatable bonds is 6. The molecule has 3 aromatic rings. The van der Waals surface area contributed by atoms with Gasteiger partial charge in [0.25, 0.3) is 15.9 Å². The first-order valence-corrected chi connectivity index (χ1v) is 11.4. The minimum atomic E-state index is -4.47. The monoisotopic (exact) mass is 472 g/mol. The molecule has 0 aromatic heterocycles. The minimum Gasteiger partial charge on any atom is -0.452 e. The van der Waals surface area contributed by atoms with Crippen LogP contribution in [-0.4, -0.2) is 33.4 Å². The summed E-state index contributed by atoms with van der Waals surface area (Å²) >= 11 is 0. The molecule has 1 aliphatic rings. The molecule has 1 amide bonds. The van der Waals surface area contributed by atoms with Crippen molar-refractivity contribution in [2.24, 2.45) is 0 Å². The quantitative estimate of drug-likeness (QED) is 0.555. The van der Waals surface area contributed by atoms with Gasteiger partial charge in [-0.2, -0.15) is 0 Å². The van der Waals surface area contributed by atoms with Gasteiger partial charge in [-0.1, -0.05) is 30.3 Å². The molecule has 1 N–H and O–H groups in total. The van der Waals surface area contributed by atoms with Crippen molar-refractivity contribution < 1.29 is 31.5 Å². The number of amides is 1. The SMILES string of the molecule is O=C(OCC(=O)N1CCc2ccccc21)c1ccccc1NS(=O)(=O)c1ccc(F)cc1F. The number of benzene rings is 3. The van der Waals surface area contributed by atoms with E-state index in [1.807, 2.05) is 18.2 Å². The molecule has 0 radical (unpaired) electrons. The van der Waals surface area contributed by atoms with E-state index in [1.54, 1.807) is 6.07 Å². The molecular weight excluding hydrogens is 454 g/mol. The van der Waals surface area contributed by atoms with Crippen molar-refractivity contribution in [3.8, 4) is 0 Å². The van der Waals surface area contributed by atoms with Gasteiger partial charge in [0.2, 0.25) is 0 Å². The van der Waals surface area contributed by atoms with Gasteiger partial charge in [-0.25, -0.2) is 22.0 Å². The van der Waals surface area contributed by atoms with E-state index in [-0.39, 0.29) is 11.3 Å². The Morgan fingerprint density at radius 2 is 1.73 bits per heavy atom. The molecule has 0 fully saturated rings. The molecule has 0 saturated carbocycles. The first-order valence-electron chi connectivity index (χ1n) is 9.88. The van der Waals surface area contributed by atoms with E-state index in [0.29, 0.717) is 19.0 Å². The predicted octanol–water partition coefficient (Wildman–Crippen LogP) is 3.51. The number of carbonyl (C=O) groups is 2. The minimum absolute atomic E-state index is 0.168. The second-order valence-corrected chi connectivity index (χ2v) is 8.88. The number of para-hydroxylation sites is 2. The zero-order valence-corrected chi connectivity index (χ0v) is 17.9. The number of nitrogens with zero attached hydrogens (tertiary/aromatic N) is 1. The standard InChI is InChI=1S/C23H18F2N2O5S/c24-16-9-10-21(18(25)13-16)33(30,31)26-19-7-3-2-6-17(19)23(29)32-14-22(28)27-12-11-15-5-1-4-8-20(15)27/h1-10,13,26H,11-12,14H2. The van der Waals surface area contributed by atoms with Crippen LogP contribution in [0.1, 0.15) is 15.9 Å². The Kier molecular flexibility index (Phi) is 6.10. The molecule has 33 heavy (non-hydrogen) atoms. The number of sulfonamides is 1. The van der Waals surface area contributed by atoms with E-state index in [2.05, 4.69) is 4.72 Å². The third-order valence-corrected chi connectivity index (χ3v) is 6.49. The highest BCUT2D eigenvalue weighted by Crippen LogP contribution is 2.28. The molecule has 0 spiro atoms. The van der Waals surface area contributed by atoms with Crippen LogP contribution in [0.15, 0.2) is 71.6 Å². The van der Waals surface area contributed by atoms with Crippen molar-refractivity contribution in [1.29, 1.82) is 0 Å². The maximum atomic E-state index is 14.0. The lowest BCUT2D eigenvalue weighted by atomic mass is 10.2. The first kappa shape index (κ1) is 22.4. The fourth-order valence-corrected chi connectivity index (χ4v) is 4.66. The van der Waals surface area contributed by atoms with Gasteiger partial charge < -0.3 is 9.64 Å². The number of nitrogens with one attached hydrogen (secondary N) is 1. The zero-order chi connectivity index (χ0) is 23.6. The Morgan fingerprint density at radius 1 is 1.00 bits per heavy atom. The number of anilines is 2. The van der Waals surface area contributed by atoms with Gasteiger partial charge in [-0.3, -0.25) is 9.52 Å². The second-order valence-electron chi connectivity index (χ2n) is 7.23. The number of ether oxygens (including phenoxy) is 1. The number of hydrogen-bond donors (Lipinski definition) is 1. The summed E-state index contributed by atoms with van der Waals surface area (Å²) in [6.45, 7) is -0.0732. The molecule has 0 unspecified atom stereocenters. The van der Waals surface area contributed by atoms with E-state index < -0.39 is 45.0 Å². The lowest BCUT2D eigenvalue weighted by molar-refractivity contribution is -0.121. The van der Waals surface area contributed by atoms with Gasteiger partial charge in [0.15, 0.2) is 6.61 Å². The van der Waals surface area contributed by atoms with E-state index in [1.165, 1.54) is 29.2 Å². The summed E-state index contributed by atoms with van der Waals surface area (Å²) in [7, 11) is -4.47. The molecule has 0 atom stereocenters. The molecule has 3 aromatic carbocycles. The molecule has 4 rings (SSSR count). The van der Waals surface area contributed by atoms with Gasteiger partial charge in [-0.15, -0.1) is 0 Å². The molecule has 10 heteroatoms. The fraction of sp³-hybridized carbons (Fsp3) is 0.130. The number of halogens is 2. The van der Waals surface area contributed by atoms with Gasteiger partial charge in [-0.05, 0) is 42.3 Å². The summed E-state index contributed by atoms with van der Waals surface area (Å²) in [5.74, 6) is -3.56. The lowest BCUT2D eigenvalue weighted by Gasteiger charge is -2.17. The topological polar surface area (TPSA) is 92.8 Å². The number of carbonyl (C=O) groups excluding carboxylic acids is 2. The number of esters is 1. The Labute approximate surface area is 188 Å². The molecule has 0 saturated heterocycles. The molecular formula is C23H18F2N2O5S. The Hall–Kier alpha value is -3.79. The van der Waals surface area contributed by atoms with Gasteiger partial charge in [0.05, 0.1) is 11.3 Å². The highest BCUT2D eigenvalue weighted by Gasteiger charge is 2.26. The highest BCUT2D eigenvalue weighted by molar-refractivity contribution is 7.92. The van der Waals surface area contributed by atoms with Gasteiger partial charge >= 0.3 is 5.97 Å². The van der Waals surface area contributed by atoms with Crippen molar-refractivity contribution >= 4 is 33.3 Å². The number of hydrogen-bond acceptors (Lipinski definition) is 5. The maximum Gasteiger partial charge on any atom is 0.340 e. The average Bonchev–Trinajstić information content (AvgIpc) is 3.21. The normalized spacial score (nSPS) is 12.8. The summed E-state index contributed by atoms with van der Waals surface area (Å²) in [5.41, 5.74) is 1.43. The van der Waals surface area contributed by atoms with Crippen LogP contribution in [0.4, 0.5) is 20.2 Å². The van der Waals surface area contributed by atoms with Crippen molar-refractivity contribution in [2.75, 3.05) is 22.8 Å². The summed E-state index contributed by atoms with van der Waals surface area (Å²) < 4.78 is 59.5. The smallest absolute Gasteiger partial charge is 0.340 e. The summed E-state index contributed by atoms with van der Waals surface area (Å²) in [5, 5.41) is 0. The van der Waals surface area contributed by atoms with Crippen LogP contribution in [0.5, 0.6) is 0 Å². The lowest BCUT2D eigenvalue weighted by Crippen LogP contribution is -2.33. The first-order chi connectivity index (χ1) is 15.8. The van der Waals surface area contributed by atoms with Crippen LogP contribution in [0, 0.1) is 11.6 Å². The number of fused-ring (bicyclic) bond motifs is 1. The highest BCUT2D eigenvalue weighted by atomic mass is 32.2. The van der Waals surface area contributed by atoms with E-state index >= 15 is 0 Å². The van der Waals surface area contributed by atoms with Crippen molar-refractivity contribution in [3.63, 3.8) is 0 Å². The van der Waals surface area contributed by atoms with Crippen LogP contribution in [0.2, 0.25) is 0 Å². The largest absolute Gasteiger partial charge is 0.452 e. The zero-order valence-electron chi connectivity index (χ0n) is 17.1. The van der Waals surface area contributed by atoms with Gasteiger partial charge in [0.1, 0.15) is 16.5 Å². The molecule has 0 bridgehead atoms. The van der Waals surface area contributed by atoms with Gasteiger partial charge in [0, 0.05) is 18.3 Å². The van der Waals surface area contributed by atoms with E-state index in [4.69, 9.17) is 4.74 Å². The maximum absolute atomic E-state index is 14.0. The van der Waals surface area contributed by atoms with Crippen molar-refractivity contribution in [2.45, 2.75) is 11.3 Å². The van der Waals surface area contributed by atoms with Crippen molar-refractivity contribution in [1.82, 2.24) is 0 Å². The summed E-state index contributed by atoms with van der Waals surface area (Å²) in [6.07, 6.45) is 0.695. The van der Waals surface area contributed by atoms with Crippen LogP contribution in [0.3, 0.4) is 0 Å². The fourth-order valence-electron chi connectivity index (χ4n) is 3.52.